The Hall–Kier alpha value is -0.890. The molecular weight excluding hydrogens is 316 g/mol. The minimum absolute atomic E-state index is 0.873. The third-order valence-electron chi connectivity index (χ3n) is 4.87. The predicted octanol–water partition coefficient (Wildman–Crippen LogP) is 7.60. The first kappa shape index (κ1) is 25.1. The first-order valence-corrected chi connectivity index (χ1v) is 11.4. The fraction of sp³-hybridized carbons (Fsp3) is 0.792. The van der Waals surface area contributed by atoms with Gasteiger partial charge in [-0.25, -0.2) is 0 Å². The van der Waals surface area contributed by atoms with Crippen molar-refractivity contribution in [3.05, 3.63) is 30.1 Å². The highest BCUT2D eigenvalue weighted by molar-refractivity contribution is 4.99. The van der Waals surface area contributed by atoms with E-state index >= 15 is 0 Å². The highest BCUT2D eigenvalue weighted by Crippen LogP contribution is 2.13. The Bertz CT molecular complexity index is 334. The van der Waals surface area contributed by atoms with Gasteiger partial charge in [0, 0.05) is 11.9 Å². The smallest absolute Gasteiger partial charge is 0.0372 e. The monoisotopic (exact) mass is 362 g/mol. The van der Waals surface area contributed by atoms with E-state index in [2.05, 4.69) is 11.9 Å². The Balaban J connectivity index is 0.000000735. The van der Waals surface area contributed by atoms with Crippen molar-refractivity contribution in [2.24, 2.45) is 5.73 Å². The number of aromatic nitrogens is 1. The van der Waals surface area contributed by atoms with Crippen LogP contribution < -0.4 is 5.73 Å². The molecule has 152 valence electrons. The van der Waals surface area contributed by atoms with Crippen molar-refractivity contribution < 1.29 is 0 Å². The lowest BCUT2D eigenvalue weighted by molar-refractivity contribution is 0.530. The van der Waals surface area contributed by atoms with Gasteiger partial charge in [-0.1, -0.05) is 109 Å². The van der Waals surface area contributed by atoms with Gasteiger partial charge in [-0.05, 0) is 32.0 Å². The van der Waals surface area contributed by atoms with E-state index in [1.54, 1.807) is 6.20 Å². The zero-order chi connectivity index (χ0) is 19.1. The second kappa shape index (κ2) is 22.2. The van der Waals surface area contributed by atoms with Gasteiger partial charge in [0.05, 0.1) is 0 Å². The molecule has 0 fully saturated rings. The van der Waals surface area contributed by atoms with E-state index in [0.29, 0.717) is 0 Å². The van der Waals surface area contributed by atoms with Crippen LogP contribution in [0.25, 0.3) is 0 Å². The van der Waals surface area contributed by atoms with Gasteiger partial charge >= 0.3 is 0 Å². The molecule has 1 aromatic heterocycles. The van der Waals surface area contributed by atoms with Crippen LogP contribution in [0.15, 0.2) is 24.4 Å². The van der Waals surface area contributed by atoms with E-state index < -0.39 is 0 Å². The van der Waals surface area contributed by atoms with Crippen LogP contribution in [-0.4, -0.2) is 11.5 Å². The molecule has 0 bridgehead atoms. The predicted molar refractivity (Wildman–Crippen MR) is 118 cm³/mol. The lowest BCUT2D eigenvalue weighted by atomic mass is 10.0. The number of hydrogen-bond acceptors (Lipinski definition) is 2. The average Bonchev–Trinajstić information content (AvgIpc) is 2.66. The highest BCUT2D eigenvalue weighted by Gasteiger charge is 1.94. The average molecular weight is 363 g/mol. The van der Waals surface area contributed by atoms with Crippen molar-refractivity contribution >= 4 is 0 Å². The molecule has 0 aliphatic heterocycles. The summed E-state index contributed by atoms with van der Waals surface area (Å²) in [4.78, 5) is 3.98. The number of rotatable bonds is 16. The van der Waals surface area contributed by atoms with Gasteiger partial charge in [-0.15, -0.1) is 0 Å². The van der Waals surface area contributed by atoms with Crippen LogP contribution in [0.5, 0.6) is 0 Å². The normalized spacial score (nSPS) is 10.4. The van der Waals surface area contributed by atoms with Crippen molar-refractivity contribution in [1.82, 2.24) is 4.98 Å². The summed E-state index contributed by atoms with van der Waals surface area (Å²) in [5.41, 5.74) is 6.55. The molecule has 26 heavy (non-hydrogen) atoms. The molecule has 2 heteroatoms. The zero-order valence-corrected chi connectivity index (χ0v) is 17.9. The van der Waals surface area contributed by atoms with Crippen LogP contribution in [0.1, 0.15) is 115 Å². The van der Waals surface area contributed by atoms with Gasteiger partial charge in [0.15, 0.2) is 0 Å². The molecule has 0 aromatic carbocycles. The maximum atomic E-state index is 5.48. The minimum atomic E-state index is 0.873. The summed E-state index contributed by atoms with van der Waals surface area (Å²) >= 11 is 0. The minimum Gasteiger partial charge on any atom is -0.330 e. The van der Waals surface area contributed by atoms with Crippen molar-refractivity contribution in [3.8, 4) is 0 Å². The van der Waals surface area contributed by atoms with Crippen molar-refractivity contribution in [1.29, 1.82) is 0 Å². The molecule has 0 spiro atoms. The standard InChI is InChI=1S/C18H39N.C6H7N/c1-2-3-4-5-6-7-8-9-10-11-12-13-14-15-16-17-18-19;1-6-4-2-3-5-7-6/h2-19H2,1H3;2-5H,1H3. The largest absolute Gasteiger partial charge is 0.330 e. The summed E-state index contributed by atoms with van der Waals surface area (Å²) in [5, 5.41) is 0. The van der Waals surface area contributed by atoms with Gasteiger partial charge in [0.1, 0.15) is 0 Å². The molecule has 1 heterocycles. The van der Waals surface area contributed by atoms with Crippen LogP contribution >= 0.6 is 0 Å². The molecule has 2 nitrogen and oxygen atoms in total. The third-order valence-corrected chi connectivity index (χ3v) is 4.87. The number of nitrogens with two attached hydrogens (primary N) is 1. The molecule has 0 saturated heterocycles. The summed E-state index contributed by atoms with van der Waals surface area (Å²) in [6.45, 7) is 5.14. The maximum Gasteiger partial charge on any atom is 0.0372 e. The Labute approximate surface area is 164 Å². The molecule has 0 atom stereocenters. The van der Waals surface area contributed by atoms with Crippen LogP contribution in [0.3, 0.4) is 0 Å². The molecule has 1 aromatic rings. The molecule has 0 aliphatic rings. The topological polar surface area (TPSA) is 38.9 Å². The van der Waals surface area contributed by atoms with Crippen LogP contribution in [-0.2, 0) is 0 Å². The Morgan fingerprint density at radius 2 is 1.08 bits per heavy atom. The van der Waals surface area contributed by atoms with Gasteiger partial charge in [-0.3, -0.25) is 4.98 Å². The fourth-order valence-corrected chi connectivity index (χ4v) is 3.14. The Morgan fingerprint density at radius 1 is 0.654 bits per heavy atom. The number of aryl methyl sites for hydroxylation is 1. The van der Waals surface area contributed by atoms with Crippen molar-refractivity contribution in [3.63, 3.8) is 0 Å². The summed E-state index contributed by atoms with van der Waals surface area (Å²) < 4.78 is 0. The molecule has 0 amide bonds. The second-order valence-corrected chi connectivity index (χ2v) is 7.56. The molecule has 0 unspecified atom stereocenters. The molecule has 1 rings (SSSR count). The van der Waals surface area contributed by atoms with E-state index in [9.17, 15) is 0 Å². The Morgan fingerprint density at radius 3 is 1.35 bits per heavy atom. The molecule has 0 aliphatic carbocycles. The number of nitrogens with zero attached hydrogens (tertiary/aromatic N) is 1. The van der Waals surface area contributed by atoms with Gasteiger partial charge in [-0.2, -0.15) is 0 Å². The summed E-state index contributed by atoms with van der Waals surface area (Å²) in [6.07, 6.45) is 24.6. The van der Waals surface area contributed by atoms with Crippen LogP contribution in [0, 0.1) is 6.92 Å². The number of unbranched alkanes of at least 4 members (excludes halogenated alkanes) is 15. The van der Waals surface area contributed by atoms with Crippen molar-refractivity contribution in [2.45, 2.75) is 117 Å². The maximum absolute atomic E-state index is 5.48. The van der Waals surface area contributed by atoms with E-state index in [1.807, 2.05) is 25.1 Å². The summed E-state index contributed by atoms with van der Waals surface area (Å²) in [7, 11) is 0. The summed E-state index contributed by atoms with van der Waals surface area (Å²) in [5.74, 6) is 0. The van der Waals surface area contributed by atoms with Gasteiger partial charge in [0.2, 0.25) is 0 Å². The van der Waals surface area contributed by atoms with E-state index in [0.717, 1.165) is 12.2 Å². The second-order valence-electron chi connectivity index (χ2n) is 7.56. The third kappa shape index (κ3) is 21.2. The number of hydrogen-bond donors (Lipinski definition) is 1. The van der Waals surface area contributed by atoms with Gasteiger partial charge in [0.25, 0.3) is 0 Å². The quantitative estimate of drug-likeness (QED) is 0.307. The number of pyridine rings is 1. The molecule has 0 saturated carbocycles. The molecular formula is C24H46N2. The summed E-state index contributed by atoms with van der Waals surface area (Å²) in [6, 6.07) is 5.86. The first-order chi connectivity index (χ1) is 12.8. The molecule has 2 N–H and O–H groups in total. The molecule has 0 radical (unpaired) electrons. The fourth-order valence-electron chi connectivity index (χ4n) is 3.14. The lowest BCUT2D eigenvalue weighted by Crippen LogP contribution is -1.97. The first-order valence-electron chi connectivity index (χ1n) is 11.4. The van der Waals surface area contributed by atoms with Crippen LogP contribution in [0.4, 0.5) is 0 Å². The highest BCUT2D eigenvalue weighted by atomic mass is 14.6. The zero-order valence-electron chi connectivity index (χ0n) is 17.9. The van der Waals surface area contributed by atoms with E-state index in [4.69, 9.17) is 5.73 Å². The van der Waals surface area contributed by atoms with E-state index in [-0.39, 0.29) is 0 Å². The van der Waals surface area contributed by atoms with Crippen LogP contribution in [0.2, 0.25) is 0 Å². The van der Waals surface area contributed by atoms with Gasteiger partial charge < -0.3 is 5.73 Å². The SMILES string of the molecule is CCCCCCCCCCCCCCCCCCN.Cc1ccccn1. The van der Waals surface area contributed by atoms with Crippen molar-refractivity contribution in [2.75, 3.05) is 6.54 Å². The lowest BCUT2D eigenvalue weighted by Gasteiger charge is -2.03. The van der Waals surface area contributed by atoms with E-state index in [1.165, 1.54) is 103 Å². The Kier molecular flexibility index (Phi) is 21.4.